The van der Waals surface area contributed by atoms with Crippen LogP contribution in [0.3, 0.4) is 0 Å². The maximum atomic E-state index is 13.3. The summed E-state index contributed by atoms with van der Waals surface area (Å²) in [5.74, 6) is -0.481. The molecule has 0 radical (unpaired) electrons. The Kier molecular flexibility index (Phi) is 4.46. The molecule has 0 aliphatic rings. The van der Waals surface area contributed by atoms with Crippen molar-refractivity contribution in [3.63, 3.8) is 0 Å². The van der Waals surface area contributed by atoms with E-state index < -0.39 is 6.04 Å². The van der Waals surface area contributed by atoms with Crippen molar-refractivity contribution in [1.82, 2.24) is 5.32 Å². The zero-order chi connectivity index (χ0) is 13.9. The number of amides is 1. The van der Waals surface area contributed by atoms with Crippen molar-refractivity contribution in [1.29, 1.82) is 0 Å². The maximum Gasteiger partial charge on any atom is 0.237 e. The van der Waals surface area contributed by atoms with Gasteiger partial charge in [0.25, 0.3) is 0 Å². The number of benzene rings is 1. The topological polar surface area (TPSA) is 55.1 Å². The SMILES string of the molecule is Cc1ccc(CNC(=O)[C@@H](N)C(C)(C)C)cc1F. The number of carbonyl (C=O) groups is 1. The Morgan fingerprint density at radius 2 is 2.06 bits per heavy atom. The number of hydrogen-bond donors (Lipinski definition) is 2. The van der Waals surface area contributed by atoms with Gasteiger partial charge in [-0.15, -0.1) is 0 Å². The summed E-state index contributed by atoms with van der Waals surface area (Å²) < 4.78 is 13.3. The molecule has 18 heavy (non-hydrogen) atoms. The van der Waals surface area contributed by atoms with Crippen LogP contribution in [0, 0.1) is 18.2 Å². The Hall–Kier alpha value is -1.42. The third kappa shape index (κ3) is 3.81. The van der Waals surface area contributed by atoms with Crippen LogP contribution < -0.4 is 11.1 Å². The Balaban J connectivity index is 2.60. The molecule has 0 fully saturated rings. The van der Waals surface area contributed by atoms with E-state index in [1.807, 2.05) is 20.8 Å². The third-order valence-corrected chi connectivity index (χ3v) is 2.92. The van der Waals surface area contributed by atoms with Crippen LogP contribution in [0.2, 0.25) is 0 Å². The molecule has 0 aliphatic carbocycles. The zero-order valence-electron chi connectivity index (χ0n) is 11.4. The van der Waals surface area contributed by atoms with Crippen molar-refractivity contribution in [2.75, 3.05) is 0 Å². The molecule has 1 amide bonds. The van der Waals surface area contributed by atoms with E-state index in [4.69, 9.17) is 5.73 Å². The van der Waals surface area contributed by atoms with E-state index in [-0.39, 0.29) is 17.1 Å². The number of rotatable bonds is 3. The summed E-state index contributed by atoms with van der Waals surface area (Å²) in [7, 11) is 0. The molecular weight excluding hydrogens is 231 g/mol. The van der Waals surface area contributed by atoms with Crippen molar-refractivity contribution in [2.45, 2.75) is 40.3 Å². The molecule has 0 saturated heterocycles. The fraction of sp³-hybridized carbons (Fsp3) is 0.500. The van der Waals surface area contributed by atoms with Gasteiger partial charge in [0.15, 0.2) is 0 Å². The van der Waals surface area contributed by atoms with Crippen molar-refractivity contribution in [3.8, 4) is 0 Å². The Morgan fingerprint density at radius 3 is 2.56 bits per heavy atom. The maximum absolute atomic E-state index is 13.3. The molecule has 0 heterocycles. The summed E-state index contributed by atoms with van der Waals surface area (Å²) in [5.41, 5.74) is 6.86. The molecule has 0 saturated carbocycles. The van der Waals surface area contributed by atoms with Gasteiger partial charge in [-0.05, 0) is 29.5 Å². The number of aryl methyl sites for hydroxylation is 1. The van der Waals surface area contributed by atoms with Crippen molar-refractivity contribution >= 4 is 5.91 Å². The molecule has 1 aromatic carbocycles. The highest BCUT2D eigenvalue weighted by molar-refractivity contribution is 5.82. The Morgan fingerprint density at radius 1 is 1.44 bits per heavy atom. The predicted molar refractivity (Wildman–Crippen MR) is 70.4 cm³/mol. The molecule has 100 valence electrons. The molecular formula is C14H21FN2O. The monoisotopic (exact) mass is 252 g/mol. The molecule has 0 spiro atoms. The van der Waals surface area contributed by atoms with Crippen LogP contribution in [0.4, 0.5) is 4.39 Å². The first-order valence-corrected chi connectivity index (χ1v) is 6.00. The lowest BCUT2D eigenvalue weighted by Gasteiger charge is -2.25. The molecule has 4 heteroatoms. The quantitative estimate of drug-likeness (QED) is 0.865. The van der Waals surface area contributed by atoms with Crippen LogP contribution in [-0.2, 0) is 11.3 Å². The second-order valence-electron chi connectivity index (χ2n) is 5.65. The molecule has 1 rings (SSSR count). The smallest absolute Gasteiger partial charge is 0.237 e. The van der Waals surface area contributed by atoms with Gasteiger partial charge in [-0.3, -0.25) is 4.79 Å². The number of halogens is 1. The Labute approximate surface area is 108 Å². The van der Waals surface area contributed by atoms with E-state index in [1.54, 1.807) is 19.1 Å². The third-order valence-electron chi connectivity index (χ3n) is 2.92. The van der Waals surface area contributed by atoms with E-state index in [9.17, 15) is 9.18 Å². The van der Waals surface area contributed by atoms with Gasteiger partial charge in [0.2, 0.25) is 5.91 Å². The summed E-state index contributed by atoms with van der Waals surface area (Å²) in [4.78, 5) is 11.8. The zero-order valence-corrected chi connectivity index (χ0v) is 11.4. The highest BCUT2D eigenvalue weighted by Crippen LogP contribution is 2.17. The van der Waals surface area contributed by atoms with Crippen molar-refractivity contribution in [2.24, 2.45) is 11.1 Å². The van der Waals surface area contributed by atoms with Crippen LogP contribution in [0.25, 0.3) is 0 Å². The summed E-state index contributed by atoms with van der Waals surface area (Å²) in [6.07, 6.45) is 0. The average Bonchev–Trinajstić information content (AvgIpc) is 2.28. The molecule has 0 bridgehead atoms. The van der Waals surface area contributed by atoms with Gasteiger partial charge in [-0.1, -0.05) is 32.9 Å². The fourth-order valence-corrected chi connectivity index (χ4v) is 1.44. The van der Waals surface area contributed by atoms with Gasteiger partial charge in [-0.2, -0.15) is 0 Å². The number of nitrogens with one attached hydrogen (secondary N) is 1. The molecule has 1 aromatic rings. The standard InChI is InChI=1S/C14H21FN2O/c1-9-5-6-10(7-11(9)15)8-17-13(18)12(16)14(2,3)4/h5-7,12H,8,16H2,1-4H3,(H,17,18)/t12-/m1/s1. The summed E-state index contributed by atoms with van der Waals surface area (Å²) in [6.45, 7) is 7.71. The molecule has 0 aliphatic heterocycles. The number of carbonyl (C=O) groups excluding carboxylic acids is 1. The highest BCUT2D eigenvalue weighted by Gasteiger charge is 2.27. The average molecular weight is 252 g/mol. The minimum Gasteiger partial charge on any atom is -0.351 e. The summed E-state index contributed by atoms with van der Waals surface area (Å²) >= 11 is 0. The van der Waals surface area contributed by atoms with Gasteiger partial charge in [-0.25, -0.2) is 4.39 Å². The number of nitrogens with two attached hydrogens (primary N) is 1. The van der Waals surface area contributed by atoms with Crippen LogP contribution in [-0.4, -0.2) is 11.9 Å². The Bertz CT molecular complexity index is 438. The van der Waals surface area contributed by atoms with Gasteiger partial charge < -0.3 is 11.1 Å². The van der Waals surface area contributed by atoms with Crippen LogP contribution in [0.1, 0.15) is 31.9 Å². The van der Waals surface area contributed by atoms with Crippen LogP contribution in [0.5, 0.6) is 0 Å². The second-order valence-corrected chi connectivity index (χ2v) is 5.65. The van der Waals surface area contributed by atoms with E-state index >= 15 is 0 Å². The molecule has 3 nitrogen and oxygen atoms in total. The lowest BCUT2D eigenvalue weighted by molar-refractivity contribution is -0.124. The normalized spacial score (nSPS) is 13.2. The van der Waals surface area contributed by atoms with Crippen molar-refractivity contribution < 1.29 is 9.18 Å². The van der Waals surface area contributed by atoms with Gasteiger partial charge >= 0.3 is 0 Å². The summed E-state index contributed by atoms with van der Waals surface area (Å²) in [6, 6.07) is 4.34. The lowest BCUT2D eigenvalue weighted by Crippen LogP contribution is -2.48. The van der Waals surface area contributed by atoms with Crippen LogP contribution in [0.15, 0.2) is 18.2 Å². The van der Waals surface area contributed by atoms with Gasteiger partial charge in [0.05, 0.1) is 6.04 Å². The molecule has 0 aromatic heterocycles. The van der Waals surface area contributed by atoms with Crippen molar-refractivity contribution in [3.05, 3.63) is 35.1 Å². The largest absolute Gasteiger partial charge is 0.351 e. The van der Waals surface area contributed by atoms with E-state index in [1.165, 1.54) is 6.07 Å². The van der Waals surface area contributed by atoms with E-state index in [0.29, 0.717) is 12.1 Å². The molecule has 0 unspecified atom stereocenters. The first-order valence-electron chi connectivity index (χ1n) is 6.00. The molecule has 3 N–H and O–H groups in total. The minimum absolute atomic E-state index is 0.219. The van der Waals surface area contributed by atoms with Crippen LogP contribution >= 0.6 is 0 Å². The lowest BCUT2D eigenvalue weighted by atomic mass is 9.87. The first kappa shape index (κ1) is 14.6. The van der Waals surface area contributed by atoms with Gasteiger partial charge in [0.1, 0.15) is 5.82 Å². The van der Waals surface area contributed by atoms with E-state index in [0.717, 1.165) is 5.56 Å². The minimum atomic E-state index is -0.576. The van der Waals surface area contributed by atoms with E-state index in [2.05, 4.69) is 5.32 Å². The second kappa shape index (κ2) is 5.48. The highest BCUT2D eigenvalue weighted by atomic mass is 19.1. The fourth-order valence-electron chi connectivity index (χ4n) is 1.44. The predicted octanol–water partition coefficient (Wildman–Crippen LogP) is 2.12. The number of hydrogen-bond acceptors (Lipinski definition) is 2. The summed E-state index contributed by atoms with van der Waals surface area (Å²) in [5, 5.41) is 2.72. The molecule has 1 atom stereocenters. The first-order chi connectivity index (χ1) is 8.21. The van der Waals surface area contributed by atoms with Gasteiger partial charge in [0, 0.05) is 6.54 Å².